The molecule has 2 N–H and O–H groups in total. The molecule has 1 nitrogen and oxygen atoms in total. The predicted molar refractivity (Wildman–Crippen MR) is 55.4 cm³/mol. The second-order valence-electron chi connectivity index (χ2n) is 3.95. The fourth-order valence-electron chi connectivity index (χ4n) is 2.77. The fraction of sp³-hybridized carbons (Fsp3) is 0.800. The van der Waals surface area contributed by atoms with Crippen molar-refractivity contribution in [2.45, 2.75) is 25.7 Å². The molecule has 0 saturated carbocycles. The molecule has 2 heteroatoms. The highest BCUT2D eigenvalue weighted by Crippen LogP contribution is 2.45. The van der Waals surface area contributed by atoms with E-state index in [4.69, 9.17) is 5.73 Å². The lowest BCUT2D eigenvalue weighted by atomic mass is 9.92. The lowest BCUT2D eigenvalue weighted by Crippen LogP contribution is -2.18. The molecule has 2 unspecified atom stereocenters. The Kier molecular flexibility index (Phi) is 2.47. The average molecular weight is 183 g/mol. The first kappa shape index (κ1) is 8.64. The molecule has 0 saturated heterocycles. The van der Waals surface area contributed by atoms with E-state index in [1.165, 1.54) is 25.7 Å². The molecule has 0 fully saturated rings. The van der Waals surface area contributed by atoms with Crippen LogP contribution in [0, 0.1) is 11.8 Å². The molecule has 0 amide bonds. The van der Waals surface area contributed by atoms with Gasteiger partial charge in [-0.25, -0.2) is 0 Å². The first-order valence-electron chi connectivity index (χ1n) is 4.89. The molecule has 0 aliphatic heterocycles. The highest BCUT2D eigenvalue weighted by molar-refractivity contribution is 7.80. The first-order valence-corrected chi connectivity index (χ1v) is 5.52. The van der Waals surface area contributed by atoms with Gasteiger partial charge in [-0.05, 0) is 49.8 Å². The highest BCUT2D eigenvalue weighted by atomic mass is 32.1. The van der Waals surface area contributed by atoms with Crippen LogP contribution in [0.2, 0.25) is 0 Å². The monoisotopic (exact) mass is 183 g/mol. The molecule has 0 spiro atoms. The number of nitrogens with two attached hydrogens (primary N) is 1. The molecule has 2 aliphatic rings. The standard InChI is InChI=1S/C10H17NS/c11-5-8-3-1-7-2-4-9(6-12)10(7)8/h8-9,12H,1-6,11H2. The molecule has 2 atom stereocenters. The van der Waals surface area contributed by atoms with Crippen molar-refractivity contribution in [1.82, 2.24) is 0 Å². The Labute approximate surface area is 79.8 Å². The second-order valence-corrected chi connectivity index (χ2v) is 4.31. The van der Waals surface area contributed by atoms with Gasteiger partial charge in [0, 0.05) is 0 Å². The van der Waals surface area contributed by atoms with Gasteiger partial charge in [0.2, 0.25) is 0 Å². The molecule has 0 aromatic rings. The number of hydrogen-bond acceptors (Lipinski definition) is 2. The van der Waals surface area contributed by atoms with Gasteiger partial charge in [0.25, 0.3) is 0 Å². The minimum atomic E-state index is 0.708. The van der Waals surface area contributed by atoms with Crippen LogP contribution >= 0.6 is 12.6 Å². The van der Waals surface area contributed by atoms with Crippen LogP contribution in [0.1, 0.15) is 25.7 Å². The van der Waals surface area contributed by atoms with Gasteiger partial charge in [-0.15, -0.1) is 0 Å². The maximum absolute atomic E-state index is 5.75. The molecular weight excluding hydrogens is 166 g/mol. The number of hydrogen-bond donors (Lipinski definition) is 2. The molecule has 0 radical (unpaired) electrons. The van der Waals surface area contributed by atoms with Crippen LogP contribution in [-0.4, -0.2) is 12.3 Å². The first-order chi connectivity index (χ1) is 5.86. The summed E-state index contributed by atoms with van der Waals surface area (Å²) in [5, 5.41) is 0. The van der Waals surface area contributed by atoms with Crippen molar-refractivity contribution in [3.8, 4) is 0 Å². The highest BCUT2D eigenvalue weighted by Gasteiger charge is 2.33. The van der Waals surface area contributed by atoms with Gasteiger partial charge in [-0.3, -0.25) is 0 Å². The summed E-state index contributed by atoms with van der Waals surface area (Å²) in [4.78, 5) is 0. The third kappa shape index (κ3) is 1.21. The molecule has 12 heavy (non-hydrogen) atoms. The summed E-state index contributed by atoms with van der Waals surface area (Å²) >= 11 is 4.40. The Hall–Kier alpha value is 0.0500. The van der Waals surface area contributed by atoms with E-state index in [0.29, 0.717) is 5.92 Å². The third-order valence-corrected chi connectivity index (χ3v) is 3.82. The third-order valence-electron chi connectivity index (χ3n) is 3.38. The van der Waals surface area contributed by atoms with Crippen LogP contribution in [0.3, 0.4) is 0 Å². The minimum absolute atomic E-state index is 0.708. The SMILES string of the molecule is NCC1CCC2=C1C(CS)CC2. The topological polar surface area (TPSA) is 26.0 Å². The zero-order valence-corrected chi connectivity index (χ0v) is 8.32. The number of allylic oxidation sites excluding steroid dienone is 1. The van der Waals surface area contributed by atoms with Crippen LogP contribution in [0.25, 0.3) is 0 Å². The maximum atomic E-state index is 5.75. The van der Waals surface area contributed by atoms with Crippen molar-refractivity contribution >= 4 is 12.6 Å². The molecule has 0 aromatic carbocycles. The summed E-state index contributed by atoms with van der Waals surface area (Å²) in [6.45, 7) is 0.850. The van der Waals surface area contributed by atoms with Crippen molar-refractivity contribution < 1.29 is 0 Å². The lowest BCUT2D eigenvalue weighted by molar-refractivity contribution is 0.524. The van der Waals surface area contributed by atoms with E-state index in [2.05, 4.69) is 12.6 Å². The van der Waals surface area contributed by atoms with Crippen LogP contribution in [0.5, 0.6) is 0 Å². The fourth-order valence-corrected chi connectivity index (χ4v) is 3.15. The molecule has 0 aromatic heterocycles. The summed E-state index contributed by atoms with van der Waals surface area (Å²) in [5.41, 5.74) is 9.18. The normalized spacial score (nSPS) is 34.5. The number of thiol groups is 1. The molecule has 2 rings (SSSR count). The summed E-state index contributed by atoms with van der Waals surface area (Å²) in [6.07, 6.45) is 5.30. The Morgan fingerprint density at radius 2 is 1.92 bits per heavy atom. The van der Waals surface area contributed by atoms with Crippen molar-refractivity contribution in [2.24, 2.45) is 17.6 Å². The van der Waals surface area contributed by atoms with Crippen LogP contribution in [0.15, 0.2) is 11.1 Å². The number of rotatable bonds is 2. The van der Waals surface area contributed by atoms with Crippen molar-refractivity contribution in [3.63, 3.8) is 0 Å². The van der Waals surface area contributed by atoms with E-state index in [1.807, 2.05) is 0 Å². The minimum Gasteiger partial charge on any atom is -0.330 e. The Morgan fingerprint density at radius 3 is 2.50 bits per heavy atom. The van der Waals surface area contributed by atoms with E-state index in [9.17, 15) is 0 Å². The predicted octanol–water partition coefficient (Wildman–Crippen LogP) is 1.99. The van der Waals surface area contributed by atoms with Gasteiger partial charge in [-0.2, -0.15) is 12.6 Å². The molecule has 2 aliphatic carbocycles. The Morgan fingerprint density at radius 1 is 1.25 bits per heavy atom. The molecule has 68 valence electrons. The van der Waals surface area contributed by atoms with Crippen LogP contribution < -0.4 is 5.73 Å². The van der Waals surface area contributed by atoms with Crippen molar-refractivity contribution in [2.75, 3.05) is 12.3 Å². The smallest absolute Gasteiger partial charge is 0.00112 e. The molecule has 0 heterocycles. The summed E-state index contributed by atoms with van der Waals surface area (Å²) in [7, 11) is 0. The molecular formula is C10H17NS. The van der Waals surface area contributed by atoms with E-state index in [1.54, 1.807) is 11.1 Å². The summed E-state index contributed by atoms with van der Waals surface area (Å²) in [5.74, 6) is 2.49. The van der Waals surface area contributed by atoms with Gasteiger partial charge in [0.05, 0.1) is 0 Å². The largest absolute Gasteiger partial charge is 0.330 e. The summed E-state index contributed by atoms with van der Waals surface area (Å²) in [6, 6.07) is 0. The van der Waals surface area contributed by atoms with E-state index >= 15 is 0 Å². The summed E-state index contributed by atoms with van der Waals surface area (Å²) < 4.78 is 0. The zero-order valence-electron chi connectivity index (χ0n) is 7.42. The van der Waals surface area contributed by atoms with E-state index in [-0.39, 0.29) is 0 Å². The van der Waals surface area contributed by atoms with Gasteiger partial charge < -0.3 is 5.73 Å². The van der Waals surface area contributed by atoms with Crippen LogP contribution in [0.4, 0.5) is 0 Å². The van der Waals surface area contributed by atoms with Gasteiger partial charge >= 0.3 is 0 Å². The quantitative estimate of drug-likeness (QED) is 0.497. The van der Waals surface area contributed by atoms with E-state index < -0.39 is 0 Å². The zero-order chi connectivity index (χ0) is 8.55. The molecule has 0 bridgehead atoms. The van der Waals surface area contributed by atoms with Crippen molar-refractivity contribution in [1.29, 1.82) is 0 Å². The maximum Gasteiger partial charge on any atom is -0.00112 e. The van der Waals surface area contributed by atoms with Crippen molar-refractivity contribution in [3.05, 3.63) is 11.1 Å². The van der Waals surface area contributed by atoms with Crippen LogP contribution in [-0.2, 0) is 0 Å². The Bertz CT molecular complexity index is 190. The van der Waals surface area contributed by atoms with Gasteiger partial charge in [-0.1, -0.05) is 11.1 Å². The van der Waals surface area contributed by atoms with Gasteiger partial charge in [0.15, 0.2) is 0 Å². The average Bonchev–Trinajstić information content (AvgIpc) is 2.62. The van der Waals surface area contributed by atoms with E-state index in [0.717, 1.165) is 18.2 Å². The Balaban J connectivity index is 2.17. The second kappa shape index (κ2) is 3.43. The van der Waals surface area contributed by atoms with Gasteiger partial charge in [0.1, 0.15) is 0 Å². The lowest BCUT2D eigenvalue weighted by Gasteiger charge is -2.17.